The molecule has 0 aromatic carbocycles. The molecule has 1 fully saturated rings. The van der Waals surface area contributed by atoms with Crippen molar-refractivity contribution in [3.8, 4) is 0 Å². The van der Waals surface area contributed by atoms with Crippen molar-refractivity contribution in [1.29, 1.82) is 0 Å². The van der Waals surface area contributed by atoms with E-state index >= 15 is 0 Å². The predicted molar refractivity (Wildman–Crippen MR) is 50.9 cm³/mol. The fourth-order valence-electron chi connectivity index (χ4n) is 1.80. The van der Waals surface area contributed by atoms with Crippen LogP contribution in [0.25, 0.3) is 0 Å². The molecule has 0 aliphatic carbocycles. The van der Waals surface area contributed by atoms with Gasteiger partial charge in [-0.25, -0.2) is 0 Å². The van der Waals surface area contributed by atoms with Crippen LogP contribution in [0.15, 0.2) is 0 Å². The van der Waals surface area contributed by atoms with Crippen LogP contribution in [-0.4, -0.2) is 59.5 Å². The van der Waals surface area contributed by atoms with Gasteiger partial charge in [-0.15, -0.1) is 0 Å². The molecule has 5 nitrogen and oxygen atoms in total. The highest BCUT2D eigenvalue weighted by atomic mass is 16.4. The van der Waals surface area contributed by atoms with E-state index in [1.54, 1.807) is 4.90 Å². The largest absolute Gasteiger partial charge is 0.481 e. The van der Waals surface area contributed by atoms with E-state index in [9.17, 15) is 9.59 Å². The first-order valence-corrected chi connectivity index (χ1v) is 4.68. The van der Waals surface area contributed by atoms with Crippen molar-refractivity contribution < 1.29 is 14.7 Å². The van der Waals surface area contributed by atoms with Gasteiger partial charge in [0.15, 0.2) is 0 Å². The standard InChI is InChI=1S/C9H16N2O3/c1-7(12)11-4-3-10(2)6-8(11)5-9(13)14/h8H,3-6H2,1-2H3,(H,13,14)/t8-/m0/s1. The second-order valence-corrected chi connectivity index (χ2v) is 3.73. The lowest BCUT2D eigenvalue weighted by molar-refractivity contribution is -0.141. The normalized spacial score (nSPS) is 23.6. The lowest BCUT2D eigenvalue weighted by atomic mass is 10.1. The third-order valence-corrected chi connectivity index (χ3v) is 2.50. The lowest BCUT2D eigenvalue weighted by Crippen LogP contribution is -2.54. The zero-order chi connectivity index (χ0) is 10.7. The van der Waals surface area contributed by atoms with Gasteiger partial charge in [0.05, 0.1) is 12.5 Å². The number of nitrogens with zero attached hydrogens (tertiary/aromatic N) is 2. The number of carboxylic acid groups (broad SMARTS) is 1. The zero-order valence-corrected chi connectivity index (χ0v) is 8.56. The Labute approximate surface area is 83.3 Å². The number of carbonyl (C=O) groups excluding carboxylic acids is 1. The Morgan fingerprint density at radius 1 is 1.43 bits per heavy atom. The molecule has 0 saturated carbocycles. The van der Waals surface area contributed by atoms with Crippen molar-refractivity contribution in [3.05, 3.63) is 0 Å². The van der Waals surface area contributed by atoms with Gasteiger partial charge < -0.3 is 14.9 Å². The van der Waals surface area contributed by atoms with Crippen molar-refractivity contribution >= 4 is 11.9 Å². The number of carboxylic acids is 1. The van der Waals surface area contributed by atoms with E-state index in [1.165, 1.54) is 6.92 Å². The van der Waals surface area contributed by atoms with E-state index < -0.39 is 5.97 Å². The van der Waals surface area contributed by atoms with Crippen LogP contribution in [0.5, 0.6) is 0 Å². The summed E-state index contributed by atoms with van der Waals surface area (Å²) in [5, 5.41) is 8.70. The summed E-state index contributed by atoms with van der Waals surface area (Å²) in [6, 6.07) is -0.177. The Kier molecular flexibility index (Phi) is 3.46. The summed E-state index contributed by atoms with van der Waals surface area (Å²) in [6.45, 7) is 3.57. The molecular weight excluding hydrogens is 184 g/mol. The van der Waals surface area contributed by atoms with E-state index in [-0.39, 0.29) is 18.4 Å². The maximum atomic E-state index is 11.2. The Balaban J connectivity index is 2.63. The number of hydrogen-bond acceptors (Lipinski definition) is 3. The predicted octanol–water partition coefficient (Wildman–Crippen LogP) is -0.376. The maximum Gasteiger partial charge on any atom is 0.305 e. The van der Waals surface area contributed by atoms with Gasteiger partial charge in [0.25, 0.3) is 0 Å². The smallest absolute Gasteiger partial charge is 0.305 e. The highest BCUT2D eigenvalue weighted by molar-refractivity contribution is 5.75. The van der Waals surface area contributed by atoms with Crippen LogP contribution in [-0.2, 0) is 9.59 Å². The number of amides is 1. The van der Waals surface area contributed by atoms with E-state index in [1.807, 2.05) is 11.9 Å². The monoisotopic (exact) mass is 200 g/mol. The maximum absolute atomic E-state index is 11.2. The Bertz CT molecular complexity index is 242. The molecule has 0 spiro atoms. The number of hydrogen-bond donors (Lipinski definition) is 1. The number of carbonyl (C=O) groups is 2. The summed E-state index contributed by atoms with van der Waals surface area (Å²) in [5.41, 5.74) is 0. The molecule has 80 valence electrons. The molecule has 1 amide bonds. The van der Waals surface area contributed by atoms with Gasteiger partial charge in [0.2, 0.25) is 5.91 Å². The van der Waals surface area contributed by atoms with Crippen molar-refractivity contribution in [2.24, 2.45) is 0 Å². The van der Waals surface area contributed by atoms with Gasteiger partial charge in [-0.1, -0.05) is 0 Å². The van der Waals surface area contributed by atoms with E-state index in [0.29, 0.717) is 13.1 Å². The van der Waals surface area contributed by atoms with Gasteiger partial charge in [-0.3, -0.25) is 9.59 Å². The van der Waals surface area contributed by atoms with Gasteiger partial charge in [0, 0.05) is 26.6 Å². The van der Waals surface area contributed by atoms with Gasteiger partial charge in [-0.2, -0.15) is 0 Å². The Morgan fingerprint density at radius 2 is 2.07 bits per heavy atom. The topological polar surface area (TPSA) is 60.9 Å². The third kappa shape index (κ3) is 2.70. The third-order valence-electron chi connectivity index (χ3n) is 2.50. The zero-order valence-electron chi connectivity index (χ0n) is 8.56. The molecular formula is C9H16N2O3. The fourth-order valence-corrected chi connectivity index (χ4v) is 1.80. The first kappa shape index (κ1) is 11.0. The highest BCUT2D eigenvalue weighted by Gasteiger charge is 2.28. The van der Waals surface area contributed by atoms with Crippen LogP contribution in [0.4, 0.5) is 0 Å². The molecule has 0 aromatic rings. The number of rotatable bonds is 2. The van der Waals surface area contributed by atoms with E-state index in [4.69, 9.17) is 5.11 Å². The molecule has 0 aromatic heterocycles. The summed E-state index contributed by atoms with van der Waals surface area (Å²) in [6.07, 6.45) is 0.0317. The minimum absolute atomic E-state index is 0.0317. The molecule has 5 heteroatoms. The van der Waals surface area contributed by atoms with Crippen molar-refractivity contribution in [3.63, 3.8) is 0 Å². The SMILES string of the molecule is CC(=O)N1CCN(C)C[C@@H]1CC(=O)O. The molecule has 1 aliphatic rings. The van der Waals surface area contributed by atoms with Crippen molar-refractivity contribution in [2.75, 3.05) is 26.7 Å². The van der Waals surface area contributed by atoms with Gasteiger partial charge in [-0.05, 0) is 7.05 Å². The minimum Gasteiger partial charge on any atom is -0.481 e. The number of likely N-dealkylation sites (N-methyl/N-ethyl adjacent to an activating group) is 1. The van der Waals surface area contributed by atoms with Crippen molar-refractivity contribution in [2.45, 2.75) is 19.4 Å². The van der Waals surface area contributed by atoms with Crippen LogP contribution in [0.3, 0.4) is 0 Å². The summed E-state index contributed by atoms with van der Waals surface area (Å²) in [5.74, 6) is -0.888. The summed E-state index contributed by atoms with van der Waals surface area (Å²) < 4.78 is 0. The molecule has 1 saturated heterocycles. The molecule has 1 heterocycles. The quantitative estimate of drug-likeness (QED) is 0.660. The highest BCUT2D eigenvalue weighted by Crippen LogP contribution is 2.11. The first-order chi connectivity index (χ1) is 6.50. The molecule has 1 N–H and O–H groups in total. The summed E-state index contributed by atoms with van der Waals surface area (Å²) in [4.78, 5) is 25.5. The summed E-state index contributed by atoms with van der Waals surface area (Å²) >= 11 is 0. The van der Waals surface area contributed by atoms with Gasteiger partial charge in [0.1, 0.15) is 0 Å². The molecule has 1 aliphatic heterocycles. The van der Waals surface area contributed by atoms with Crippen LogP contribution < -0.4 is 0 Å². The number of aliphatic carboxylic acids is 1. The number of piperazine rings is 1. The second kappa shape index (κ2) is 4.41. The molecule has 1 atom stereocenters. The van der Waals surface area contributed by atoms with E-state index in [0.717, 1.165) is 6.54 Å². The average Bonchev–Trinajstić information content (AvgIpc) is 2.01. The van der Waals surface area contributed by atoms with Crippen LogP contribution >= 0.6 is 0 Å². The first-order valence-electron chi connectivity index (χ1n) is 4.68. The Hall–Kier alpha value is -1.10. The van der Waals surface area contributed by atoms with E-state index in [2.05, 4.69) is 0 Å². The molecule has 0 radical (unpaired) electrons. The van der Waals surface area contributed by atoms with Crippen LogP contribution in [0.2, 0.25) is 0 Å². The van der Waals surface area contributed by atoms with Gasteiger partial charge >= 0.3 is 5.97 Å². The van der Waals surface area contributed by atoms with Crippen molar-refractivity contribution in [1.82, 2.24) is 9.80 Å². The molecule has 0 unspecified atom stereocenters. The average molecular weight is 200 g/mol. The summed E-state index contributed by atoms with van der Waals surface area (Å²) in [7, 11) is 1.94. The molecule has 1 rings (SSSR count). The lowest BCUT2D eigenvalue weighted by Gasteiger charge is -2.38. The Morgan fingerprint density at radius 3 is 2.57 bits per heavy atom. The molecule has 14 heavy (non-hydrogen) atoms. The van der Waals surface area contributed by atoms with Crippen LogP contribution in [0.1, 0.15) is 13.3 Å². The second-order valence-electron chi connectivity index (χ2n) is 3.73. The van der Waals surface area contributed by atoms with Crippen LogP contribution in [0, 0.1) is 0 Å². The fraction of sp³-hybridized carbons (Fsp3) is 0.778. The molecule has 0 bridgehead atoms. The minimum atomic E-state index is -0.850.